The van der Waals surface area contributed by atoms with Crippen LogP contribution in [0.1, 0.15) is 33.5 Å². The van der Waals surface area contributed by atoms with Crippen LogP contribution in [-0.4, -0.2) is 23.1 Å². The van der Waals surface area contributed by atoms with Gasteiger partial charge in [-0.2, -0.15) is 0 Å². The molecule has 0 aliphatic carbocycles. The van der Waals surface area contributed by atoms with Gasteiger partial charge < -0.3 is 15.2 Å². The van der Waals surface area contributed by atoms with E-state index in [2.05, 4.69) is 27.9 Å². The lowest BCUT2D eigenvalue weighted by molar-refractivity contribution is -0.142. The molecule has 0 aromatic heterocycles. The Balaban J connectivity index is 1.76. The molecule has 1 aliphatic rings. The minimum Gasteiger partial charge on any atom is -0.478 e. The Kier molecular flexibility index (Phi) is 5.53. The minimum absolute atomic E-state index is 0.125. The van der Waals surface area contributed by atoms with Crippen molar-refractivity contribution in [1.82, 2.24) is 0 Å². The van der Waals surface area contributed by atoms with Crippen LogP contribution >= 0.6 is 22.6 Å². The van der Waals surface area contributed by atoms with E-state index < -0.39 is 24.1 Å². The third-order valence-electron chi connectivity index (χ3n) is 5.02. The molecule has 0 unspecified atom stereocenters. The van der Waals surface area contributed by atoms with Crippen LogP contribution in [0.25, 0.3) is 0 Å². The minimum atomic E-state index is -1.05. The third kappa shape index (κ3) is 3.98. The molecule has 0 bridgehead atoms. The SMILES string of the molecule is O=C(O)c1cc(I)ccc1N[C@H]1C(=O)O[C@H](c2ccccc2)[C@@H]1c1ccccc1. The first-order valence-electron chi connectivity index (χ1n) is 9.14. The Labute approximate surface area is 181 Å². The number of benzene rings is 3. The van der Waals surface area contributed by atoms with E-state index >= 15 is 0 Å². The zero-order valence-electron chi connectivity index (χ0n) is 15.3. The van der Waals surface area contributed by atoms with E-state index in [1.54, 1.807) is 12.1 Å². The molecule has 0 spiro atoms. The van der Waals surface area contributed by atoms with Crippen molar-refractivity contribution in [2.45, 2.75) is 18.1 Å². The van der Waals surface area contributed by atoms with E-state index in [0.717, 1.165) is 14.7 Å². The summed E-state index contributed by atoms with van der Waals surface area (Å²) in [5, 5.41) is 12.7. The van der Waals surface area contributed by atoms with Gasteiger partial charge in [0.15, 0.2) is 0 Å². The zero-order chi connectivity index (χ0) is 20.4. The number of aromatic carboxylic acids is 1. The van der Waals surface area contributed by atoms with Crippen molar-refractivity contribution in [3.05, 3.63) is 99.1 Å². The summed E-state index contributed by atoms with van der Waals surface area (Å²) in [6.45, 7) is 0. The quantitative estimate of drug-likeness (QED) is 0.388. The Morgan fingerprint density at radius 3 is 2.17 bits per heavy atom. The van der Waals surface area contributed by atoms with Gasteiger partial charge in [0, 0.05) is 9.26 Å². The van der Waals surface area contributed by atoms with Gasteiger partial charge in [0.25, 0.3) is 0 Å². The second kappa shape index (κ2) is 8.24. The molecule has 6 heteroatoms. The lowest BCUT2D eigenvalue weighted by Crippen LogP contribution is -2.31. The monoisotopic (exact) mass is 499 g/mol. The smallest absolute Gasteiger partial charge is 0.337 e. The van der Waals surface area contributed by atoms with Crippen LogP contribution in [0.15, 0.2) is 78.9 Å². The van der Waals surface area contributed by atoms with Crippen LogP contribution in [0.5, 0.6) is 0 Å². The molecule has 146 valence electrons. The summed E-state index contributed by atoms with van der Waals surface area (Å²) in [6, 6.07) is 23.7. The first kappa shape index (κ1) is 19.4. The molecule has 0 saturated carbocycles. The fraction of sp³-hybridized carbons (Fsp3) is 0.130. The summed E-state index contributed by atoms with van der Waals surface area (Å²) in [5.74, 6) is -1.75. The number of rotatable bonds is 5. The molecule has 2 N–H and O–H groups in total. The number of carboxylic acid groups (broad SMARTS) is 1. The summed E-state index contributed by atoms with van der Waals surface area (Å²) < 4.78 is 6.58. The number of carboxylic acids is 1. The van der Waals surface area contributed by atoms with Gasteiger partial charge in [-0.1, -0.05) is 60.7 Å². The number of carbonyl (C=O) groups is 2. The molecule has 1 aliphatic heterocycles. The standard InChI is InChI=1S/C23H18INO4/c24-16-11-12-18(17(13-16)22(26)27)25-20-19(14-7-3-1-4-8-14)21(29-23(20)28)15-9-5-2-6-10-15/h1-13,19-21,25H,(H,26,27)/t19-,20-,21-/m1/s1. The fourth-order valence-corrected chi connectivity index (χ4v) is 4.18. The second-order valence-corrected chi connectivity index (χ2v) is 8.07. The molecule has 29 heavy (non-hydrogen) atoms. The van der Waals surface area contributed by atoms with E-state index in [-0.39, 0.29) is 11.5 Å². The number of esters is 1. The molecule has 1 saturated heterocycles. The number of anilines is 1. The van der Waals surface area contributed by atoms with E-state index in [1.165, 1.54) is 0 Å². The van der Waals surface area contributed by atoms with Crippen molar-refractivity contribution in [2.24, 2.45) is 0 Å². The van der Waals surface area contributed by atoms with E-state index in [1.807, 2.05) is 66.7 Å². The summed E-state index contributed by atoms with van der Waals surface area (Å²) in [5.41, 5.74) is 2.38. The predicted molar refractivity (Wildman–Crippen MR) is 118 cm³/mol. The van der Waals surface area contributed by atoms with Crippen LogP contribution in [0.3, 0.4) is 0 Å². The Morgan fingerprint density at radius 2 is 1.55 bits per heavy atom. The molecule has 3 aromatic rings. The maximum Gasteiger partial charge on any atom is 0.337 e. The Hall–Kier alpha value is -2.87. The average molecular weight is 499 g/mol. The van der Waals surface area contributed by atoms with Crippen molar-refractivity contribution in [3.63, 3.8) is 0 Å². The van der Waals surface area contributed by atoms with Gasteiger partial charge in [-0.3, -0.25) is 0 Å². The van der Waals surface area contributed by atoms with Gasteiger partial charge in [0.05, 0.1) is 11.5 Å². The van der Waals surface area contributed by atoms with Crippen molar-refractivity contribution in [3.8, 4) is 0 Å². The number of ether oxygens (including phenoxy) is 1. The maximum atomic E-state index is 12.9. The average Bonchev–Trinajstić information content (AvgIpc) is 3.06. The molecule has 0 radical (unpaired) electrons. The second-order valence-electron chi connectivity index (χ2n) is 6.82. The van der Waals surface area contributed by atoms with Gasteiger partial charge >= 0.3 is 11.9 Å². The molecule has 1 heterocycles. The first-order chi connectivity index (χ1) is 14.0. The van der Waals surface area contributed by atoms with Gasteiger partial charge in [-0.05, 0) is 51.9 Å². The number of nitrogens with one attached hydrogen (secondary N) is 1. The highest BCUT2D eigenvalue weighted by molar-refractivity contribution is 14.1. The van der Waals surface area contributed by atoms with Crippen LogP contribution in [-0.2, 0) is 9.53 Å². The van der Waals surface area contributed by atoms with E-state index in [0.29, 0.717) is 5.69 Å². The summed E-state index contributed by atoms with van der Waals surface area (Å²) >= 11 is 2.07. The molecule has 3 aromatic carbocycles. The van der Waals surface area contributed by atoms with Crippen molar-refractivity contribution >= 4 is 40.2 Å². The third-order valence-corrected chi connectivity index (χ3v) is 5.69. The number of cyclic esters (lactones) is 1. The summed E-state index contributed by atoms with van der Waals surface area (Å²) in [4.78, 5) is 24.6. The molecule has 0 amide bonds. The largest absolute Gasteiger partial charge is 0.478 e. The van der Waals surface area contributed by atoms with Gasteiger partial charge in [-0.25, -0.2) is 9.59 Å². The highest BCUT2D eigenvalue weighted by Crippen LogP contribution is 2.43. The van der Waals surface area contributed by atoms with Crippen molar-refractivity contribution in [1.29, 1.82) is 0 Å². The maximum absolute atomic E-state index is 12.9. The summed E-state index contributed by atoms with van der Waals surface area (Å²) in [7, 11) is 0. The molecule has 3 atom stereocenters. The van der Waals surface area contributed by atoms with Crippen LogP contribution < -0.4 is 5.32 Å². The first-order valence-corrected chi connectivity index (χ1v) is 10.2. The van der Waals surface area contributed by atoms with Crippen molar-refractivity contribution < 1.29 is 19.4 Å². The number of halogens is 1. The van der Waals surface area contributed by atoms with Crippen molar-refractivity contribution in [2.75, 3.05) is 5.32 Å². The molecular formula is C23H18INO4. The Bertz CT molecular complexity index is 1040. The van der Waals surface area contributed by atoms with Crippen LogP contribution in [0.2, 0.25) is 0 Å². The Morgan fingerprint density at radius 1 is 0.931 bits per heavy atom. The van der Waals surface area contributed by atoms with Crippen LogP contribution in [0, 0.1) is 3.57 Å². The van der Waals surface area contributed by atoms with E-state index in [4.69, 9.17) is 4.74 Å². The summed E-state index contributed by atoms with van der Waals surface area (Å²) in [6.07, 6.45) is -0.458. The lowest BCUT2D eigenvalue weighted by Gasteiger charge is -2.23. The van der Waals surface area contributed by atoms with E-state index in [9.17, 15) is 14.7 Å². The highest BCUT2D eigenvalue weighted by Gasteiger charge is 2.46. The number of carbonyl (C=O) groups excluding carboxylic acids is 1. The zero-order valence-corrected chi connectivity index (χ0v) is 17.4. The molecule has 5 nitrogen and oxygen atoms in total. The number of hydrogen-bond acceptors (Lipinski definition) is 4. The molecule has 1 fully saturated rings. The highest BCUT2D eigenvalue weighted by atomic mass is 127. The van der Waals surface area contributed by atoms with Gasteiger partial charge in [-0.15, -0.1) is 0 Å². The predicted octanol–water partition coefficient (Wildman–Crippen LogP) is 4.85. The van der Waals surface area contributed by atoms with Crippen LogP contribution in [0.4, 0.5) is 5.69 Å². The topological polar surface area (TPSA) is 75.6 Å². The fourth-order valence-electron chi connectivity index (χ4n) is 3.69. The van der Waals surface area contributed by atoms with Gasteiger partial charge in [0.2, 0.25) is 0 Å². The number of hydrogen-bond donors (Lipinski definition) is 2. The normalized spacial score (nSPS) is 20.9. The van der Waals surface area contributed by atoms with Gasteiger partial charge in [0.1, 0.15) is 12.1 Å². The molecular weight excluding hydrogens is 481 g/mol. The molecule has 4 rings (SSSR count). The lowest BCUT2D eigenvalue weighted by atomic mass is 9.85.